The molecule has 0 aromatic rings. The van der Waals surface area contributed by atoms with Gasteiger partial charge in [-0.1, -0.05) is 0 Å². The minimum Gasteiger partial charge on any atom is -0.501 e. The standard InChI is InChI=1S/C10H18O3/c1-8(12)10(4-5-11)9-3-2-6-13-7-9/h2,6,8-12H,3-5,7H2,1H3. The Kier molecular flexibility index (Phi) is 4.25. The van der Waals surface area contributed by atoms with Gasteiger partial charge >= 0.3 is 0 Å². The van der Waals surface area contributed by atoms with Gasteiger partial charge in [0, 0.05) is 12.5 Å². The van der Waals surface area contributed by atoms with Crippen molar-refractivity contribution in [1.29, 1.82) is 0 Å². The third-order valence-electron chi connectivity index (χ3n) is 2.63. The summed E-state index contributed by atoms with van der Waals surface area (Å²) in [7, 11) is 0. The monoisotopic (exact) mass is 186 g/mol. The number of rotatable bonds is 4. The molecule has 1 aliphatic rings. The molecule has 0 radical (unpaired) electrons. The zero-order valence-corrected chi connectivity index (χ0v) is 8.02. The van der Waals surface area contributed by atoms with Crippen LogP contribution in [0.5, 0.6) is 0 Å². The van der Waals surface area contributed by atoms with Crippen LogP contribution < -0.4 is 0 Å². The summed E-state index contributed by atoms with van der Waals surface area (Å²) >= 11 is 0. The number of hydrogen-bond acceptors (Lipinski definition) is 3. The average molecular weight is 186 g/mol. The second-order valence-electron chi connectivity index (χ2n) is 3.62. The van der Waals surface area contributed by atoms with Crippen LogP contribution in [0.3, 0.4) is 0 Å². The lowest BCUT2D eigenvalue weighted by molar-refractivity contribution is 0.0350. The number of ether oxygens (including phenoxy) is 1. The van der Waals surface area contributed by atoms with Crippen molar-refractivity contribution in [2.24, 2.45) is 11.8 Å². The molecule has 76 valence electrons. The SMILES string of the molecule is CC(O)C(CCO)C1CC=COC1. The van der Waals surface area contributed by atoms with E-state index in [4.69, 9.17) is 9.84 Å². The third-order valence-corrected chi connectivity index (χ3v) is 2.63. The topological polar surface area (TPSA) is 49.7 Å². The largest absolute Gasteiger partial charge is 0.501 e. The molecule has 1 rings (SSSR count). The van der Waals surface area contributed by atoms with Crippen molar-refractivity contribution < 1.29 is 14.9 Å². The van der Waals surface area contributed by atoms with E-state index in [1.807, 2.05) is 6.08 Å². The quantitative estimate of drug-likeness (QED) is 0.686. The van der Waals surface area contributed by atoms with Crippen LogP contribution in [0.4, 0.5) is 0 Å². The molecule has 0 amide bonds. The molecule has 0 saturated carbocycles. The van der Waals surface area contributed by atoms with Crippen LogP contribution in [0.25, 0.3) is 0 Å². The first kappa shape index (κ1) is 10.5. The normalized spacial score (nSPS) is 26.5. The van der Waals surface area contributed by atoms with Gasteiger partial charge in [-0.3, -0.25) is 0 Å². The molecule has 13 heavy (non-hydrogen) atoms. The first-order valence-corrected chi connectivity index (χ1v) is 4.81. The summed E-state index contributed by atoms with van der Waals surface area (Å²) in [6.07, 6.45) is 4.90. The Morgan fingerprint density at radius 3 is 2.85 bits per heavy atom. The fourth-order valence-corrected chi connectivity index (χ4v) is 1.86. The molecular weight excluding hydrogens is 168 g/mol. The molecule has 0 aromatic heterocycles. The maximum Gasteiger partial charge on any atom is 0.0907 e. The molecule has 0 aromatic carbocycles. The summed E-state index contributed by atoms with van der Waals surface area (Å²) < 4.78 is 5.19. The van der Waals surface area contributed by atoms with Gasteiger partial charge < -0.3 is 14.9 Å². The smallest absolute Gasteiger partial charge is 0.0907 e. The average Bonchev–Trinajstić information content (AvgIpc) is 2.15. The summed E-state index contributed by atoms with van der Waals surface area (Å²) in [6.45, 7) is 2.57. The lowest BCUT2D eigenvalue weighted by atomic mass is 9.83. The molecule has 0 saturated heterocycles. The molecule has 0 bridgehead atoms. The minimum atomic E-state index is -0.368. The van der Waals surface area contributed by atoms with E-state index in [1.165, 1.54) is 0 Å². The number of aliphatic hydroxyl groups excluding tert-OH is 2. The molecule has 1 heterocycles. The highest BCUT2D eigenvalue weighted by Crippen LogP contribution is 2.26. The number of aliphatic hydroxyl groups is 2. The highest BCUT2D eigenvalue weighted by molar-refractivity contribution is 4.87. The first-order valence-electron chi connectivity index (χ1n) is 4.81. The molecule has 3 unspecified atom stereocenters. The zero-order chi connectivity index (χ0) is 9.68. The fraction of sp³-hybridized carbons (Fsp3) is 0.800. The number of allylic oxidation sites excluding steroid dienone is 1. The fourth-order valence-electron chi connectivity index (χ4n) is 1.86. The second kappa shape index (κ2) is 5.25. The predicted octanol–water partition coefficient (Wildman–Crippen LogP) is 0.916. The van der Waals surface area contributed by atoms with Crippen molar-refractivity contribution in [3.8, 4) is 0 Å². The van der Waals surface area contributed by atoms with Crippen LogP contribution >= 0.6 is 0 Å². The van der Waals surface area contributed by atoms with Crippen LogP contribution in [-0.2, 0) is 4.74 Å². The van der Waals surface area contributed by atoms with Crippen LogP contribution in [0, 0.1) is 11.8 Å². The molecule has 0 spiro atoms. The summed E-state index contributed by atoms with van der Waals surface area (Å²) in [5, 5.41) is 18.4. The van der Waals surface area contributed by atoms with Crippen molar-refractivity contribution >= 4 is 0 Å². The van der Waals surface area contributed by atoms with Crippen molar-refractivity contribution in [3.63, 3.8) is 0 Å². The Morgan fingerprint density at radius 1 is 1.62 bits per heavy atom. The van der Waals surface area contributed by atoms with Crippen LogP contribution in [0.15, 0.2) is 12.3 Å². The van der Waals surface area contributed by atoms with Crippen LogP contribution in [-0.4, -0.2) is 29.5 Å². The predicted molar refractivity (Wildman–Crippen MR) is 50.1 cm³/mol. The summed E-state index contributed by atoms with van der Waals surface area (Å²) in [5.74, 6) is 0.493. The van der Waals surface area contributed by atoms with Gasteiger partial charge in [0.1, 0.15) is 0 Å². The zero-order valence-electron chi connectivity index (χ0n) is 8.02. The maximum atomic E-state index is 9.50. The van der Waals surface area contributed by atoms with Crippen molar-refractivity contribution in [1.82, 2.24) is 0 Å². The van der Waals surface area contributed by atoms with Gasteiger partial charge in [0.15, 0.2) is 0 Å². The van der Waals surface area contributed by atoms with Gasteiger partial charge in [0.25, 0.3) is 0 Å². The van der Waals surface area contributed by atoms with Crippen LogP contribution in [0.1, 0.15) is 19.8 Å². The Hall–Kier alpha value is -0.540. The Balaban J connectivity index is 2.47. The second-order valence-corrected chi connectivity index (χ2v) is 3.62. The van der Waals surface area contributed by atoms with Crippen molar-refractivity contribution in [2.45, 2.75) is 25.9 Å². The molecule has 1 aliphatic heterocycles. The van der Waals surface area contributed by atoms with Crippen molar-refractivity contribution in [2.75, 3.05) is 13.2 Å². The van der Waals surface area contributed by atoms with E-state index in [0.29, 0.717) is 18.9 Å². The van der Waals surface area contributed by atoms with E-state index in [9.17, 15) is 5.11 Å². The van der Waals surface area contributed by atoms with E-state index in [0.717, 1.165) is 6.42 Å². The summed E-state index contributed by atoms with van der Waals surface area (Å²) in [5.41, 5.74) is 0. The van der Waals surface area contributed by atoms with Gasteiger partial charge in [-0.05, 0) is 31.8 Å². The van der Waals surface area contributed by atoms with Gasteiger partial charge in [0.2, 0.25) is 0 Å². The molecule has 0 aliphatic carbocycles. The third kappa shape index (κ3) is 3.01. The molecular formula is C10H18O3. The maximum absolute atomic E-state index is 9.50. The Bertz CT molecular complexity index is 166. The lowest BCUT2D eigenvalue weighted by Gasteiger charge is -2.29. The first-order chi connectivity index (χ1) is 6.25. The van der Waals surface area contributed by atoms with Gasteiger partial charge in [0.05, 0.1) is 19.0 Å². The van der Waals surface area contributed by atoms with Crippen molar-refractivity contribution in [3.05, 3.63) is 12.3 Å². The Morgan fingerprint density at radius 2 is 2.38 bits per heavy atom. The molecule has 3 atom stereocenters. The highest BCUT2D eigenvalue weighted by atomic mass is 16.5. The molecule has 0 fully saturated rings. The summed E-state index contributed by atoms with van der Waals surface area (Å²) in [4.78, 5) is 0. The molecule has 2 N–H and O–H groups in total. The molecule has 3 heteroatoms. The van der Waals surface area contributed by atoms with E-state index in [1.54, 1.807) is 13.2 Å². The number of hydrogen-bond donors (Lipinski definition) is 2. The minimum absolute atomic E-state index is 0.135. The van der Waals surface area contributed by atoms with E-state index < -0.39 is 0 Å². The van der Waals surface area contributed by atoms with E-state index in [-0.39, 0.29) is 18.6 Å². The van der Waals surface area contributed by atoms with Gasteiger partial charge in [-0.25, -0.2) is 0 Å². The highest BCUT2D eigenvalue weighted by Gasteiger charge is 2.26. The van der Waals surface area contributed by atoms with E-state index in [2.05, 4.69) is 0 Å². The summed E-state index contributed by atoms with van der Waals surface area (Å²) in [6, 6.07) is 0. The van der Waals surface area contributed by atoms with Gasteiger partial charge in [-0.2, -0.15) is 0 Å². The lowest BCUT2D eigenvalue weighted by Crippen LogP contribution is -2.30. The molecule has 3 nitrogen and oxygen atoms in total. The van der Waals surface area contributed by atoms with Gasteiger partial charge in [-0.15, -0.1) is 0 Å². The van der Waals surface area contributed by atoms with Crippen LogP contribution in [0.2, 0.25) is 0 Å². The van der Waals surface area contributed by atoms with E-state index >= 15 is 0 Å². The Labute approximate surface area is 79.0 Å².